The number of benzene rings is 1. The van der Waals surface area contributed by atoms with Crippen molar-refractivity contribution >= 4 is 5.91 Å². The van der Waals surface area contributed by atoms with Crippen LogP contribution in [0.2, 0.25) is 0 Å². The van der Waals surface area contributed by atoms with E-state index >= 15 is 0 Å². The molecule has 0 radical (unpaired) electrons. The number of amides is 1. The predicted octanol–water partition coefficient (Wildman–Crippen LogP) is 1.99. The molecule has 1 saturated heterocycles. The first-order valence-corrected chi connectivity index (χ1v) is 4.89. The van der Waals surface area contributed by atoms with E-state index in [1.54, 1.807) is 0 Å². The number of hydrogen-bond acceptors (Lipinski definition) is 2. The Morgan fingerprint density at radius 2 is 1.93 bits per heavy atom. The molecule has 0 spiro atoms. The van der Waals surface area contributed by atoms with Crippen LogP contribution in [-0.2, 0) is 4.79 Å². The highest BCUT2D eigenvalue weighted by atomic mass is 16.7. The van der Waals surface area contributed by atoms with Crippen LogP contribution in [0.5, 0.6) is 5.75 Å². The summed E-state index contributed by atoms with van der Waals surface area (Å²) in [6.45, 7) is 0.702. The van der Waals surface area contributed by atoms with Crippen molar-refractivity contribution < 1.29 is 9.63 Å². The average Bonchev–Trinajstić information content (AvgIpc) is 2.23. The fourth-order valence-corrected chi connectivity index (χ4v) is 1.49. The Balaban J connectivity index is 2.00. The number of rotatable bonds is 2. The van der Waals surface area contributed by atoms with Gasteiger partial charge in [0.05, 0.1) is 6.54 Å². The summed E-state index contributed by atoms with van der Waals surface area (Å²) in [5.41, 5.74) is 0. The molecule has 1 aliphatic heterocycles. The van der Waals surface area contributed by atoms with Gasteiger partial charge in [-0.2, -0.15) is 5.06 Å². The van der Waals surface area contributed by atoms with Crippen molar-refractivity contribution in [3.8, 4) is 5.75 Å². The van der Waals surface area contributed by atoms with E-state index in [4.69, 9.17) is 4.84 Å². The van der Waals surface area contributed by atoms with Gasteiger partial charge >= 0.3 is 0 Å². The van der Waals surface area contributed by atoms with Crippen LogP contribution in [0.4, 0.5) is 0 Å². The summed E-state index contributed by atoms with van der Waals surface area (Å²) in [7, 11) is 0. The molecule has 3 heteroatoms. The SMILES string of the molecule is O=C1CCCCN1Oc1ccccc1. The fraction of sp³-hybridized carbons (Fsp3) is 0.364. The Morgan fingerprint density at radius 3 is 2.64 bits per heavy atom. The van der Waals surface area contributed by atoms with E-state index in [0.29, 0.717) is 13.0 Å². The maximum Gasteiger partial charge on any atom is 0.255 e. The van der Waals surface area contributed by atoms with Gasteiger partial charge in [-0.1, -0.05) is 18.2 Å². The van der Waals surface area contributed by atoms with Crippen LogP contribution >= 0.6 is 0 Å². The summed E-state index contributed by atoms with van der Waals surface area (Å²) in [6.07, 6.45) is 2.61. The van der Waals surface area contributed by atoms with Gasteiger partial charge in [0.15, 0.2) is 5.75 Å². The molecule has 1 aromatic carbocycles. The van der Waals surface area contributed by atoms with E-state index in [1.807, 2.05) is 30.3 Å². The molecule has 1 aliphatic rings. The second kappa shape index (κ2) is 4.13. The summed E-state index contributed by atoms with van der Waals surface area (Å²) in [5.74, 6) is 0.808. The zero-order valence-corrected chi connectivity index (χ0v) is 7.98. The fourth-order valence-electron chi connectivity index (χ4n) is 1.49. The molecule has 14 heavy (non-hydrogen) atoms. The molecule has 0 saturated carbocycles. The lowest BCUT2D eigenvalue weighted by molar-refractivity contribution is -0.161. The predicted molar refractivity (Wildman–Crippen MR) is 52.6 cm³/mol. The van der Waals surface area contributed by atoms with Gasteiger partial charge in [-0.25, -0.2) is 0 Å². The van der Waals surface area contributed by atoms with E-state index in [0.717, 1.165) is 18.6 Å². The number of nitrogens with zero attached hydrogens (tertiary/aromatic N) is 1. The summed E-state index contributed by atoms with van der Waals surface area (Å²) in [5, 5.41) is 1.46. The lowest BCUT2D eigenvalue weighted by Gasteiger charge is -2.25. The Bertz CT molecular complexity index is 310. The second-order valence-electron chi connectivity index (χ2n) is 3.36. The molecule has 2 rings (SSSR count). The topological polar surface area (TPSA) is 29.5 Å². The van der Waals surface area contributed by atoms with Gasteiger partial charge in [0.1, 0.15) is 0 Å². The average molecular weight is 191 g/mol. The van der Waals surface area contributed by atoms with Crippen molar-refractivity contribution in [1.29, 1.82) is 0 Å². The van der Waals surface area contributed by atoms with Crippen LogP contribution in [0.3, 0.4) is 0 Å². The van der Waals surface area contributed by atoms with E-state index in [-0.39, 0.29) is 5.91 Å². The molecule has 0 aromatic heterocycles. The summed E-state index contributed by atoms with van der Waals surface area (Å²) in [6, 6.07) is 9.40. The standard InChI is InChI=1S/C11H13NO2/c13-11-8-4-5-9-12(11)14-10-6-2-1-3-7-10/h1-3,6-7H,4-5,8-9H2. The molecule has 1 heterocycles. The minimum atomic E-state index is 0.0834. The van der Waals surface area contributed by atoms with Gasteiger partial charge in [0, 0.05) is 6.42 Å². The summed E-state index contributed by atoms with van der Waals surface area (Å²) >= 11 is 0. The van der Waals surface area contributed by atoms with E-state index < -0.39 is 0 Å². The maximum absolute atomic E-state index is 11.4. The Morgan fingerprint density at radius 1 is 1.14 bits per heavy atom. The Labute approximate surface area is 83.2 Å². The van der Waals surface area contributed by atoms with Gasteiger partial charge in [0.2, 0.25) is 0 Å². The third-order valence-electron chi connectivity index (χ3n) is 2.24. The normalized spacial score (nSPS) is 16.9. The first-order chi connectivity index (χ1) is 6.86. The van der Waals surface area contributed by atoms with Crippen LogP contribution in [0.15, 0.2) is 30.3 Å². The van der Waals surface area contributed by atoms with Gasteiger partial charge in [-0.05, 0) is 25.0 Å². The van der Waals surface area contributed by atoms with E-state index in [2.05, 4.69) is 0 Å². The largest absolute Gasteiger partial charge is 0.377 e. The highest BCUT2D eigenvalue weighted by Crippen LogP contribution is 2.15. The van der Waals surface area contributed by atoms with Gasteiger partial charge in [-0.3, -0.25) is 4.79 Å². The number of carbonyl (C=O) groups excluding carboxylic acids is 1. The number of hydrogen-bond donors (Lipinski definition) is 0. The Hall–Kier alpha value is -1.51. The van der Waals surface area contributed by atoms with Gasteiger partial charge < -0.3 is 4.84 Å². The maximum atomic E-state index is 11.4. The van der Waals surface area contributed by atoms with E-state index in [1.165, 1.54) is 5.06 Å². The number of hydroxylamine groups is 2. The highest BCUT2D eigenvalue weighted by Gasteiger charge is 2.19. The smallest absolute Gasteiger partial charge is 0.255 e. The molecule has 1 fully saturated rings. The van der Waals surface area contributed by atoms with Crippen molar-refractivity contribution in [2.24, 2.45) is 0 Å². The molecular weight excluding hydrogens is 178 g/mol. The zero-order valence-electron chi connectivity index (χ0n) is 7.98. The van der Waals surface area contributed by atoms with Gasteiger partial charge in [-0.15, -0.1) is 0 Å². The lowest BCUT2D eigenvalue weighted by Crippen LogP contribution is -2.37. The minimum Gasteiger partial charge on any atom is -0.377 e. The van der Waals surface area contributed by atoms with Gasteiger partial charge in [0.25, 0.3) is 5.91 Å². The molecule has 0 atom stereocenters. The van der Waals surface area contributed by atoms with Crippen LogP contribution in [-0.4, -0.2) is 17.5 Å². The number of carbonyl (C=O) groups is 1. The van der Waals surface area contributed by atoms with Crippen LogP contribution in [0.25, 0.3) is 0 Å². The third-order valence-corrected chi connectivity index (χ3v) is 2.24. The molecule has 1 aromatic rings. The molecule has 74 valence electrons. The first kappa shape index (κ1) is 9.06. The summed E-state index contributed by atoms with van der Waals surface area (Å²) < 4.78 is 0. The number of piperidine rings is 1. The first-order valence-electron chi connectivity index (χ1n) is 4.89. The van der Waals surface area contributed by atoms with Crippen molar-refractivity contribution in [1.82, 2.24) is 5.06 Å². The molecule has 1 amide bonds. The molecule has 0 aliphatic carbocycles. The van der Waals surface area contributed by atoms with Crippen molar-refractivity contribution in [3.05, 3.63) is 30.3 Å². The molecule has 3 nitrogen and oxygen atoms in total. The van der Waals surface area contributed by atoms with E-state index in [9.17, 15) is 4.79 Å². The Kier molecular flexibility index (Phi) is 2.68. The highest BCUT2D eigenvalue weighted by molar-refractivity contribution is 5.75. The van der Waals surface area contributed by atoms with Crippen LogP contribution in [0, 0.1) is 0 Å². The van der Waals surface area contributed by atoms with Crippen LogP contribution in [0.1, 0.15) is 19.3 Å². The van der Waals surface area contributed by atoms with Crippen LogP contribution < -0.4 is 4.84 Å². The van der Waals surface area contributed by atoms with Crippen molar-refractivity contribution in [3.63, 3.8) is 0 Å². The monoisotopic (exact) mass is 191 g/mol. The lowest BCUT2D eigenvalue weighted by atomic mass is 10.1. The number of para-hydroxylation sites is 1. The zero-order chi connectivity index (χ0) is 9.80. The quantitative estimate of drug-likeness (QED) is 0.715. The second-order valence-corrected chi connectivity index (χ2v) is 3.36. The summed E-state index contributed by atoms with van der Waals surface area (Å²) in [4.78, 5) is 16.9. The van der Waals surface area contributed by atoms with Crippen molar-refractivity contribution in [2.45, 2.75) is 19.3 Å². The van der Waals surface area contributed by atoms with Crippen molar-refractivity contribution in [2.75, 3.05) is 6.54 Å². The third kappa shape index (κ3) is 2.05. The molecule has 0 N–H and O–H groups in total. The molecule has 0 unspecified atom stereocenters. The molecular formula is C11H13NO2. The molecule has 0 bridgehead atoms. The minimum absolute atomic E-state index is 0.0834.